The van der Waals surface area contributed by atoms with E-state index in [9.17, 15) is 28.0 Å². The summed E-state index contributed by atoms with van der Waals surface area (Å²) in [6, 6.07) is 10.2. The van der Waals surface area contributed by atoms with Gasteiger partial charge in [-0.2, -0.15) is 18.2 Å². The van der Waals surface area contributed by atoms with Gasteiger partial charge in [0.15, 0.2) is 17.5 Å². The van der Waals surface area contributed by atoms with Crippen molar-refractivity contribution in [2.45, 2.75) is 6.18 Å². The topological polar surface area (TPSA) is 95.0 Å². The number of aromatic nitrogens is 1. The molecule has 2 aromatic carbocycles. The molecule has 8 nitrogen and oxygen atoms in total. The molecule has 35 heavy (non-hydrogen) atoms. The lowest BCUT2D eigenvalue weighted by Crippen LogP contribution is -2.42. The van der Waals surface area contributed by atoms with E-state index in [2.05, 4.69) is 10.3 Å². The molecule has 1 aromatic heterocycles. The molecule has 2 N–H and O–H groups in total. The molecular weight excluding hydrogens is 485 g/mol. The molecule has 1 aliphatic heterocycles. The number of piperazine rings is 1. The van der Waals surface area contributed by atoms with E-state index >= 15 is 0 Å². The molecule has 3 aromatic rings. The summed E-state index contributed by atoms with van der Waals surface area (Å²) in [5.41, 5.74) is -0.628. The normalized spacial score (nSPS) is 15.0. The number of carbonyl (C=O) groups is 2. The molecule has 184 valence electrons. The molecule has 0 unspecified atom stereocenters. The number of hydrogen-bond acceptors (Lipinski definition) is 8. The summed E-state index contributed by atoms with van der Waals surface area (Å²) < 4.78 is 46.9. The molecule has 1 saturated heterocycles. The second-order valence-electron chi connectivity index (χ2n) is 7.70. The highest BCUT2D eigenvalue weighted by atomic mass is 32.1. The van der Waals surface area contributed by atoms with E-state index in [0.29, 0.717) is 42.9 Å². The second-order valence-corrected chi connectivity index (χ2v) is 8.73. The third-order valence-electron chi connectivity index (χ3n) is 5.20. The van der Waals surface area contributed by atoms with Crippen molar-refractivity contribution >= 4 is 38.4 Å². The van der Waals surface area contributed by atoms with E-state index in [1.807, 2.05) is 12.1 Å². The molecular formula is C23H21F3N4O4S. The molecule has 0 radical (unpaired) electrons. The predicted molar refractivity (Wildman–Crippen MR) is 124 cm³/mol. The van der Waals surface area contributed by atoms with Crippen molar-refractivity contribution in [3.63, 3.8) is 0 Å². The fourth-order valence-electron chi connectivity index (χ4n) is 3.38. The molecule has 0 atom stereocenters. The number of nitrogens with one attached hydrogen (secondary N) is 1. The fraction of sp³-hybridized carbons (Fsp3) is 0.261. The number of nitrogens with zero attached hydrogens (tertiary/aromatic N) is 3. The maximum absolute atomic E-state index is 13.6. The van der Waals surface area contributed by atoms with Gasteiger partial charge in [0.2, 0.25) is 0 Å². The highest BCUT2D eigenvalue weighted by Crippen LogP contribution is 2.37. The van der Waals surface area contributed by atoms with Crippen LogP contribution in [0.25, 0.3) is 10.2 Å². The van der Waals surface area contributed by atoms with Crippen LogP contribution in [0.3, 0.4) is 0 Å². The van der Waals surface area contributed by atoms with Gasteiger partial charge in [0.05, 0.1) is 15.8 Å². The number of hydroxylamine groups is 2. The van der Waals surface area contributed by atoms with Crippen molar-refractivity contribution < 1.29 is 32.7 Å². The highest BCUT2D eigenvalue weighted by molar-refractivity contribution is 7.22. The smallest absolute Gasteiger partial charge is 0.419 e. The van der Waals surface area contributed by atoms with Crippen LogP contribution >= 0.6 is 11.3 Å². The zero-order valence-electron chi connectivity index (χ0n) is 18.3. The van der Waals surface area contributed by atoms with Gasteiger partial charge in [0.25, 0.3) is 5.91 Å². The number of anilines is 1. The van der Waals surface area contributed by atoms with Crippen LogP contribution in [0, 0.1) is 0 Å². The summed E-state index contributed by atoms with van der Waals surface area (Å²) in [6.45, 7) is 1.10. The minimum absolute atomic E-state index is 0.166. The minimum Gasteiger partial charge on any atom is -0.483 e. The molecule has 4 rings (SSSR count). The van der Waals surface area contributed by atoms with Crippen LogP contribution < -0.4 is 10.1 Å². The van der Waals surface area contributed by atoms with Crippen LogP contribution in [0.4, 0.5) is 18.3 Å². The number of hydrogen-bond donors (Lipinski definition) is 2. The van der Waals surface area contributed by atoms with E-state index in [0.717, 1.165) is 15.8 Å². The number of fused-ring (bicyclic) bond motifs is 1. The molecule has 0 spiro atoms. The second kappa shape index (κ2) is 10.4. The van der Waals surface area contributed by atoms with E-state index in [4.69, 9.17) is 4.74 Å². The number of thiazole rings is 1. The molecule has 12 heteroatoms. The molecule has 2 heterocycles. The summed E-state index contributed by atoms with van der Waals surface area (Å²) in [7, 11) is 0. The van der Waals surface area contributed by atoms with Gasteiger partial charge in [-0.1, -0.05) is 23.5 Å². The number of para-hydroxylation sites is 1. The first-order chi connectivity index (χ1) is 16.7. The number of carbonyl (C=O) groups excluding carboxylic acids is 2. The lowest BCUT2D eigenvalue weighted by Gasteiger charge is -2.29. The quantitative estimate of drug-likeness (QED) is 0.369. The summed E-state index contributed by atoms with van der Waals surface area (Å²) in [4.78, 5) is 30.7. The molecule has 1 fully saturated rings. The zero-order chi connectivity index (χ0) is 25.0. The molecule has 1 aliphatic rings. The van der Waals surface area contributed by atoms with E-state index < -0.39 is 35.8 Å². The summed E-state index contributed by atoms with van der Waals surface area (Å²) in [5.74, 6) is -1.83. The lowest BCUT2D eigenvalue weighted by atomic mass is 10.1. The number of alkyl halides is 3. The van der Waals surface area contributed by atoms with Crippen molar-refractivity contribution in [1.82, 2.24) is 14.9 Å². The summed E-state index contributed by atoms with van der Waals surface area (Å²) in [5, 5.41) is 13.3. The van der Waals surface area contributed by atoms with Gasteiger partial charge in [-0.25, -0.2) is 4.98 Å². The average Bonchev–Trinajstić information content (AvgIpc) is 3.23. The Hall–Kier alpha value is -3.48. The van der Waals surface area contributed by atoms with Crippen LogP contribution in [0.2, 0.25) is 0 Å². The maximum Gasteiger partial charge on any atom is 0.419 e. The van der Waals surface area contributed by atoms with E-state index in [-0.39, 0.29) is 5.56 Å². The lowest BCUT2D eigenvalue weighted by molar-refractivity contribution is -0.139. The van der Waals surface area contributed by atoms with Crippen molar-refractivity contribution in [2.75, 3.05) is 38.1 Å². The Morgan fingerprint density at radius 3 is 2.60 bits per heavy atom. The first-order valence-corrected chi connectivity index (χ1v) is 11.4. The van der Waals surface area contributed by atoms with Gasteiger partial charge in [0, 0.05) is 44.0 Å². The Labute approximate surface area is 202 Å². The number of ether oxygens (including phenoxy) is 1. The Morgan fingerprint density at radius 1 is 1.14 bits per heavy atom. The Morgan fingerprint density at radius 2 is 1.89 bits per heavy atom. The SMILES string of the molecule is O=C(COc1ccc(C(=O)C=CN2CCN(O)CC2)cc1C(F)(F)F)Nc1nc2ccccc2s1. The summed E-state index contributed by atoms with van der Waals surface area (Å²) in [6.07, 6.45) is -2.11. The number of halogens is 3. The van der Waals surface area contributed by atoms with Gasteiger partial charge in [-0.05, 0) is 30.3 Å². The van der Waals surface area contributed by atoms with Gasteiger partial charge in [-0.15, -0.1) is 0 Å². The van der Waals surface area contributed by atoms with Gasteiger partial charge in [0.1, 0.15) is 5.75 Å². The van der Waals surface area contributed by atoms with Gasteiger partial charge >= 0.3 is 6.18 Å². The van der Waals surface area contributed by atoms with Gasteiger partial charge in [-0.3, -0.25) is 14.9 Å². The zero-order valence-corrected chi connectivity index (χ0v) is 19.1. The number of benzene rings is 2. The largest absolute Gasteiger partial charge is 0.483 e. The van der Waals surface area contributed by atoms with E-state index in [1.165, 1.54) is 29.7 Å². The number of amides is 1. The van der Waals surface area contributed by atoms with Crippen molar-refractivity contribution in [3.05, 3.63) is 65.9 Å². The summed E-state index contributed by atoms with van der Waals surface area (Å²) >= 11 is 1.23. The first kappa shape index (κ1) is 24.6. The maximum atomic E-state index is 13.6. The van der Waals surface area contributed by atoms with Crippen LogP contribution in [-0.2, 0) is 11.0 Å². The average molecular weight is 507 g/mol. The Bertz CT molecular complexity index is 1220. The van der Waals surface area contributed by atoms with Crippen molar-refractivity contribution in [3.8, 4) is 5.75 Å². The number of rotatable bonds is 7. The van der Waals surface area contributed by atoms with Crippen LogP contribution in [0.15, 0.2) is 54.7 Å². The predicted octanol–water partition coefficient (Wildman–Crippen LogP) is 4.04. The van der Waals surface area contributed by atoms with Crippen molar-refractivity contribution in [1.29, 1.82) is 0 Å². The number of allylic oxidation sites excluding steroid dienone is 1. The Balaban J connectivity index is 1.41. The molecule has 0 aliphatic carbocycles. The van der Waals surface area contributed by atoms with Crippen LogP contribution in [-0.4, -0.2) is 64.6 Å². The Kier molecular flexibility index (Phi) is 7.34. The third-order valence-corrected chi connectivity index (χ3v) is 6.15. The van der Waals surface area contributed by atoms with Crippen LogP contribution in [0.1, 0.15) is 15.9 Å². The fourth-order valence-corrected chi connectivity index (χ4v) is 4.27. The highest BCUT2D eigenvalue weighted by Gasteiger charge is 2.35. The number of ketones is 1. The first-order valence-electron chi connectivity index (χ1n) is 10.6. The van der Waals surface area contributed by atoms with Crippen LogP contribution in [0.5, 0.6) is 5.75 Å². The van der Waals surface area contributed by atoms with Gasteiger partial charge < -0.3 is 14.8 Å². The minimum atomic E-state index is -4.80. The molecule has 0 saturated carbocycles. The third kappa shape index (κ3) is 6.35. The van der Waals surface area contributed by atoms with Crippen molar-refractivity contribution in [2.24, 2.45) is 0 Å². The molecule has 0 bridgehead atoms. The monoisotopic (exact) mass is 506 g/mol. The van der Waals surface area contributed by atoms with E-state index in [1.54, 1.807) is 17.0 Å². The molecule has 1 amide bonds. The standard InChI is InChI=1S/C23H21F3N4O4S/c24-23(25,26)16-13-15(18(31)7-8-29-9-11-30(33)12-10-29)5-6-19(16)34-14-21(32)28-22-27-17-3-1-2-4-20(17)35-22/h1-8,13,33H,9-12,14H2,(H,27,28,32).